The fourth-order valence-electron chi connectivity index (χ4n) is 6.00. The molecule has 3 N–H and O–H groups in total. The molecule has 6 rings (SSSR count). The second kappa shape index (κ2) is 10.8. The molecular weight excluding hydrogens is 622 g/mol. The Morgan fingerprint density at radius 1 is 1.21 bits per heavy atom. The molecule has 14 heteroatoms. The lowest BCUT2D eigenvalue weighted by molar-refractivity contribution is -0.136. The van der Waals surface area contributed by atoms with Crippen LogP contribution in [-0.4, -0.2) is 62.8 Å². The van der Waals surface area contributed by atoms with E-state index >= 15 is 4.39 Å². The highest BCUT2D eigenvalue weighted by molar-refractivity contribution is 9.10. The number of pyridine rings is 1. The van der Waals surface area contributed by atoms with Gasteiger partial charge in [-0.3, -0.25) is 9.69 Å². The number of likely N-dealkylation sites (tertiary alicyclic amines) is 1. The van der Waals surface area contributed by atoms with Crippen LogP contribution in [0.2, 0.25) is 0 Å². The molecule has 220 valence electrons. The standard InChI is InChI=1S/C28H26BrF4N7O2/c1-42-27-17(8-14(10-35-27)23-9-18(28(31,32)33)24-25(34)36-13-37-40(23)24)26(41)38-21-12-39(11-20(21)30)22-7-3-4-15-16(22)5-2-6-19(15)29/h2,5-6,8-10,13,20-22H,3-4,7,11-12H2,1H3,(H,38,41)(H2,34,36,37)/t20-,21+,22?/m0/s1. The number of methoxy groups -OCH3 is 1. The summed E-state index contributed by atoms with van der Waals surface area (Å²) in [5.41, 5.74) is 6.79. The lowest BCUT2D eigenvalue weighted by Gasteiger charge is -2.33. The minimum absolute atomic E-state index is 0.00633. The van der Waals surface area contributed by atoms with E-state index in [4.69, 9.17) is 10.5 Å². The topological polar surface area (TPSA) is 111 Å². The number of halogens is 5. The summed E-state index contributed by atoms with van der Waals surface area (Å²) in [5.74, 6) is -1.07. The predicted molar refractivity (Wildman–Crippen MR) is 150 cm³/mol. The van der Waals surface area contributed by atoms with Gasteiger partial charge in [0.05, 0.1) is 24.4 Å². The van der Waals surface area contributed by atoms with E-state index in [1.54, 1.807) is 0 Å². The molecule has 1 aromatic carbocycles. The Morgan fingerprint density at radius 3 is 2.79 bits per heavy atom. The number of alkyl halides is 4. The molecule has 0 radical (unpaired) electrons. The Labute approximate surface area is 246 Å². The number of anilines is 1. The number of carbonyl (C=O) groups is 1. The molecule has 1 fully saturated rings. The van der Waals surface area contributed by atoms with Crippen molar-refractivity contribution in [1.29, 1.82) is 0 Å². The summed E-state index contributed by atoms with van der Waals surface area (Å²) in [6.07, 6.45) is -0.947. The van der Waals surface area contributed by atoms with Crippen molar-refractivity contribution in [2.24, 2.45) is 0 Å². The fraction of sp³-hybridized carbons (Fsp3) is 0.357. The maximum atomic E-state index is 15.3. The van der Waals surface area contributed by atoms with Gasteiger partial charge in [-0.25, -0.2) is 18.9 Å². The maximum Gasteiger partial charge on any atom is 0.418 e. The molecule has 3 atom stereocenters. The zero-order valence-electron chi connectivity index (χ0n) is 22.3. The molecule has 1 amide bonds. The lowest BCUT2D eigenvalue weighted by atomic mass is 9.87. The Bertz CT molecular complexity index is 1680. The number of nitrogens with one attached hydrogen (secondary N) is 1. The minimum atomic E-state index is -4.73. The van der Waals surface area contributed by atoms with Crippen LogP contribution >= 0.6 is 15.9 Å². The van der Waals surface area contributed by atoms with Crippen LogP contribution in [0.25, 0.3) is 16.8 Å². The first-order chi connectivity index (χ1) is 20.1. The monoisotopic (exact) mass is 647 g/mol. The molecule has 2 aliphatic rings. The van der Waals surface area contributed by atoms with Gasteiger partial charge in [-0.1, -0.05) is 28.1 Å². The van der Waals surface area contributed by atoms with Crippen molar-refractivity contribution in [3.05, 3.63) is 69.6 Å². The third-order valence-corrected chi connectivity index (χ3v) is 8.67. The van der Waals surface area contributed by atoms with Gasteiger partial charge in [0.15, 0.2) is 5.82 Å². The molecule has 0 saturated carbocycles. The number of carbonyl (C=O) groups excluding carboxylic acids is 1. The van der Waals surface area contributed by atoms with Gasteiger partial charge in [0.25, 0.3) is 5.91 Å². The van der Waals surface area contributed by atoms with Crippen molar-refractivity contribution in [1.82, 2.24) is 29.8 Å². The highest BCUT2D eigenvalue weighted by Crippen LogP contribution is 2.40. The third kappa shape index (κ3) is 4.96. The van der Waals surface area contributed by atoms with Crippen LogP contribution in [0, 0.1) is 0 Å². The zero-order chi connectivity index (χ0) is 29.8. The van der Waals surface area contributed by atoms with Crippen LogP contribution in [0.1, 0.15) is 45.9 Å². The van der Waals surface area contributed by atoms with E-state index in [1.807, 2.05) is 12.1 Å². The molecule has 1 unspecified atom stereocenters. The number of aromatic nitrogens is 4. The zero-order valence-corrected chi connectivity index (χ0v) is 23.9. The minimum Gasteiger partial charge on any atom is -0.480 e. The number of fused-ring (bicyclic) bond motifs is 2. The van der Waals surface area contributed by atoms with E-state index in [2.05, 4.69) is 47.3 Å². The van der Waals surface area contributed by atoms with Gasteiger partial charge in [0.1, 0.15) is 23.6 Å². The average molecular weight is 648 g/mol. The maximum absolute atomic E-state index is 15.3. The Balaban J connectivity index is 1.28. The highest BCUT2D eigenvalue weighted by atomic mass is 79.9. The van der Waals surface area contributed by atoms with Gasteiger partial charge < -0.3 is 15.8 Å². The van der Waals surface area contributed by atoms with Gasteiger partial charge in [-0.05, 0) is 48.6 Å². The summed E-state index contributed by atoms with van der Waals surface area (Å²) in [5, 5.41) is 6.71. The summed E-state index contributed by atoms with van der Waals surface area (Å²) in [7, 11) is 1.31. The van der Waals surface area contributed by atoms with E-state index in [9.17, 15) is 18.0 Å². The van der Waals surface area contributed by atoms with Crippen molar-refractivity contribution in [2.75, 3.05) is 25.9 Å². The summed E-state index contributed by atoms with van der Waals surface area (Å²) in [6.45, 7) is 0.460. The smallest absolute Gasteiger partial charge is 0.418 e. The molecule has 4 aromatic rings. The number of hydrogen-bond donors (Lipinski definition) is 2. The van der Waals surface area contributed by atoms with Gasteiger partial charge >= 0.3 is 6.18 Å². The Morgan fingerprint density at radius 2 is 2.02 bits per heavy atom. The fourth-order valence-corrected chi connectivity index (χ4v) is 6.57. The van der Waals surface area contributed by atoms with Crippen LogP contribution in [0.3, 0.4) is 0 Å². The molecule has 3 aromatic heterocycles. The van der Waals surface area contributed by atoms with Crippen LogP contribution in [0.5, 0.6) is 5.88 Å². The Kier molecular flexibility index (Phi) is 7.29. The first-order valence-corrected chi connectivity index (χ1v) is 14.1. The summed E-state index contributed by atoms with van der Waals surface area (Å²) in [6, 6.07) is 7.49. The van der Waals surface area contributed by atoms with Crippen molar-refractivity contribution < 1.29 is 27.1 Å². The van der Waals surface area contributed by atoms with Gasteiger partial charge in [-0.2, -0.15) is 18.3 Å². The second-order valence-electron chi connectivity index (χ2n) is 10.4. The number of nitrogens with two attached hydrogens (primary N) is 1. The van der Waals surface area contributed by atoms with Crippen molar-refractivity contribution in [3.8, 4) is 17.1 Å². The highest BCUT2D eigenvalue weighted by Gasteiger charge is 2.40. The van der Waals surface area contributed by atoms with E-state index < -0.39 is 35.4 Å². The second-order valence-corrected chi connectivity index (χ2v) is 11.2. The Hall–Kier alpha value is -3.78. The van der Waals surface area contributed by atoms with E-state index in [0.717, 1.165) is 46.2 Å². The van der Waals surface area contributed by atoms with Crippen LogP contribution in [0.15, 0.2) is 47.3 Å². The number of ether oxygens (including phenoxy) is 1. The van der Waals surface area contributed by atoms with Gasteiger partial charge in [-0.15, -0.1) is 0 Å². The summed E-state index contributed by atoms with van der Waals surface area (Å²) in [4.78, 5) is 23.4. The van der Waals surface area contributed by atoms with Crippen LogP contribution < -0.4 is 15.8 Å². The molecule has 1 aliphatic heterocycles. The van der Waals surface area contributed by atoms with E-state index in [1.165, 1.54) is 24.9 Å². The largest absolute Gasteiger partial charge is 0.480 e. The molecule has 1 saturated heterocycles. The molecular formula is C28H26BrF4N7O2. The molecule has 0 spiro atoms. The summed E-state index contributed by atoms with van der Waals surface area (Å²) < 4.78 is 64.1. The number of amides is 1. The molecule has 0 bridgehead atoms. The molecule has 1 aliphatic carbocycles. The van der Waals surface area contributed by atoms with Crippen molar-refractivity contribution in [3.63, 3.8) is 0 Å². The predicted octanol–water partition coefficient (Wildman–Crippen LogP) is 4.99. The average Bonchev–Trinajstić information content (AvgIpc) is 3.54. The molecule has 9 nitrogen and oxygen atoms in total. The van der Waals surface area contributed by atoms with Gasteiger partial charge in [0.2, 0.25) is 5.88 Å². The number of rotatable bonds is 5. The van der Waals surface area contributed by atoms with Crippen LogP contribution in [-0.2, 0) is 12.6 Å². The molecule has 4 heterocycles. The number of nitrogen functional groups attached to an aromatic ring is 1. The first-order valence-electron chi connectivity index (χ1n) is 13.3. The molecule has 42 heavy (non-hydrogen) atoms. The number of hydrogen-bond acceptors (Lipinski definition) is 7. The first kappa shape index (κ1) is 28.3. The van der Waals surface area contributed by atoms with E-state index in [-0.39, 0.29) is 41.1 Å². The van der Waals surface area contributed by atoms with Crippen molar-refractivity contribution in [2.45, 2.75) is 43.7 Å². The van der Waals surface area contributed by atoms with E-state index in [0.29, 0.717) is 6.54 Å². The number of nitrogens with zero attached hydrogens (tertiary/aromatic N) is 5. The third-order valence-electron chi connectivity index (χ3n) is 7.93. The van der Waals surface area contributed by atoms with Crippen LogP contribution in [0.4, 0.5) is 23.4 Å². The summed E-state index contributed by atoms with van der Waals surface area (Å²) >= 11 is 3.63. The quantitative estimate of drug-likeness (QED) is 0.294. The lowest BCUT2D eigenvalue weighted by Crippen LogP contribution is -2.42. The SMILES string of the molecule is COc1ncc(-c2cc(C(F)(F)F)c3c(N)ncnn23)cc1C(=O)N[C@@H]1CN(C2CCCc3c(Br)cccc32)C[C@@H]1F. The number of benzene rings is 1. The van der Waals surface area contributed by atoms with Gasteiger partial charge in [0, 0.05) is 35.4 Å². The normalized spacial score (nSPS) is 21.0. The van der Waals surface area contributed by atoms with Crippen molar-refractivity contribution >= 4 is 33.2 Å².